The molecule has 0 saturated carbocycles. The van der Waals surface area contributed by atoms with E-state index in [-0.39, 0.29) is 0 Å². The third-order valence-corrected chi connectivity index (χ3v) is 12.1. The quantitative estimate of drug-likeness (QED) is 0.176. The molecule has 9 aromatic rings. The number of rotatable bonds is 5. The van der Waals surface area contributed by atoms with Crippen molar-refractivity contribution in [2.75, 3.05) is 0 Å². The van der Waals surface area contributed by atoms with Crippen LogP contribution in [-0.4, -0.2) is 19.9 Å². The molecule has 4 heteroatoms. The molecular formula is C54H38N4. The second-order valence-electron chi connectivity index (χ2n) is 15.5. The Morgan fingerprint density at radius 2 is 0.828 bits per heavy atom. The Labute approximate surface area is 338 Å². The summed E-state index contributed by atoms with van der Waals surface area (Å²) < 4.78 is 0. The molecule has 11 rings (SSSR count). The van der Waals surface area contributed by atoms with Gasteiger partial charge in [0.1, 0.15) is 5.82 Å². The van der Waals surface area contributed by atoms with Gasteiger partial charge in [0.15, 0.2) is 11.6 Å². The predicted octanol–water partition coefficient (Wildman–Crippen LogP) is 12.9. The molecule has 2 heterocycles. The van der Waals surface area contributed by atoms with Gasteiger partial charge in [-0.05, 0) is 123 Å². The summed E-state index contributed by atoms with van der Waals surface area (Å²) in [4.78, 5) is 19.4. The molecule has 7 aromatic carbocycles. The van der Waals surface area contributed by atoms with Crippen LogP contribution >= 0.6 is 0 Å². The number of hydrogen-bond donors (Lipinski definition) is 0. The van der Waals surface area contributed by atoms with E-state index in [2.05, 4.69) is 153 Å². The van der Waals surface area contributed by atoms with Crippen LogP contribution in [0, 0.1) is 20.8 Å². The molecular weight excluding hydrogens is 705 g/mol. The molecule has 274 valence electrons. The first-order chi connectivity index (χ1) is 28.5. The minimum absolute atomic E-state index is 0.498. The van der Waals surface area contributed by atoms with Crippen molar-refractivity contribution in [1.82, 2.24) is 19.9 Å². The molecule has 0 fully saturated rings. The molecule has 2 aliphatic carbocycles. The van der Waals surface area contributed by atoms with Gasteiger partial charge in [0.25, 0.3) is 0 Å². The highest BCUT2D eigenvalue weighted by molar-refractivity contribution is 5.97. The Morgan fingerprint density at radius 3 is 1.52 bits per heavy atom. The summed E-state index contributed by atoms with van der Waals surface area (Å²) in [6.07, 6.45) is 0. The van der Waals surface area contributed by atoms with Crippen molar-refractivity contribution < 1.29 is 0 Å². The molecule has 2 aromatic heterocycles. The smallest absolute Gasteiger partial charge is 0.163 e. The van der Waals surface area contributed by atoms with Crippen molar-refractivity contribution >= 4 is 0 Å². The monoisotopic (exact) mass is 742 g/mol. The summed E-state index contributed by atoms with van der Waals surface area (Å²) in [6, 6.07) is 63.9. The summed E-state index contributed by atoms with van der Waals surface area (Å²) in [6.45, 7) is 6.07. The molecule has 1 spiro atoms. The standard InChI is InChI=1S/C54H38N4/c1-33-23-26-43(34(2)55-33)41-18-12-17-39(30-41)37-15-11-16-38(29-37)40-25-28-50-47(31-40)46-27-24-42(53-57-35(3)56-52(58-53)36-13-5-4-6-14-36)32-51(46)54(50)48-21-9-7-19-44(48)45-20-8-10-22-49(45)54/h4-32H,1-3H3. The maximum Gasteiger partial charge on any atom is 0.163 e. The fourth-order valence-electron chi connectivity index (χ4n) is 9.53. The van der Waals surface area contributed by atoms with Gasteiger partial charge in [0.2, 0.25) is 0 Å². The Balaban J connectivity index is 1.08. The second-order valence-corrected chi connectivity index (χ2v) is 15.5. The molecule has 0 unspecified atom stereocenters. The zero-order chi connectivity index (χ0) is 39.0. The van der Waals surface area contributed by atoms with Gasteiger partial charge >= 0.3 is 0 Å². The van der Waals surface area contributed by atoms with Crippen LogP contribution in [0.4, 0.5) is 0 Å². The van der Waals surface area contributed by atoms with Gasteiger partial charge in [-0.1, -0.05) is 146 Å². The Bertz CT molecular complexity index is 3060. The van der Waals surface area contributed by atoms with Crippen LogP contribution in [0.3, 0.4) is 0 Å². The average molecular weight is 743 g/mol. The second kappa shape index (κ2) is 13.1. The average Bonchev–Trinajstić information content (AvgIpc) is 3.73. The first-order valence-corrected chi connectivity index (χ1v) is 19.9. The SMILES string of the molecule is Cc1ccc(-c2cccc(-c3cccc(-c4ccc5c(c4)-c4ccc(-c6nc(C)nc(-c7ccccc7)n6)cc4C54c5ccccc5-c5ccccc54)c3)c2)c(C)n1. The summed E-state index contributed by atoms with van der Waals surface area (Å²) in [7, 11) is 0. The summed E-state index contributed by atoms with van der Waals surface area (Å²) >= 11 is 0. The van der Waals surface area contributed by atoms with Gasteiger partial charge < -0.3 is 0 Å². The van der Waals surface area contributed by atoms with Crippen molar-refractivity contribution in [3.8, 4) is 78.4 Å². The van der Waals surface area contributed by atoms with E-state index in [0.29, 0.717) is 17.5 Å². The normalized spacial score (nSPS) is 12.9. The molecule has 0 bridgehead atoms. The topological polar surface area (TPSA) is 51.6 Å². The van der Waals surface area contributed by atoms with E-state index in [1.807, 2.05) is 44.2 Å². The fourth-order valence-corrected chi connectivity index (χ4v) is 9.53. The first kappa shape index (κ1) is 34.0. The highest BCUT2D eigenvalue weighted by Crippen LogP contribution is 2.63. The van der Waals surface area contributed by atoms with E-state index in [4.69, 9.17) is 19.9 Å². The first-order valence-electron chi connectivity index (χ1n) is 19.9. The zero-order valence-electron chi connectivity index (χ0n) is 32.5. The molecule has 0 amide bonds. The lowest BCUT2D eigenvalue weighted by Gasteiger charge is -2.30. The Hall–Kier alpha value is -7.30. The molecule has 4 nitrogen and oxygen atoms in total. The van der Waals surface area contributed by atoms with E-state index in [0.717, 1.165) is 28.1 Å². The Morgan fingerprint density at radius 1 is 0.310 bits per heavy atom. The lowest BCUT2D eigenvalue weighted by molar-refractivity contribution is 0.794. The molecule has 2 aliphatic rings. The molecule has 58 heavy (non-hydrogen) atoms. The van der Waals surface area contributed by atoms with E-state index >= 15 is 0 Å². The van der Waals surface area contributed by atoms with Crippen molar-refractivity contribution in [2.24, 2.45) is 0 Å². The lowest BCUT2D eigenvalue weighted by Crippen LogP contribution is -2.25. The van der Waals surface area contributed by atoms with E-state index in [1.165, 1.54) is 72.3 Å². The number of aryl methyl sites for hydroxylation is 3. The lowest BCUT2D eigenvalue weighted by atomic mass is 9.70. The van der Waals surface area contributed by atoms with Crippen LogP contribution in [0.15, 0.2) is 176 Å². The van der Waals surface area contributed by atoms with Crippen molar-refractivity contribution in [3.05, 3.63) is 215 Å². The third kappa shape index (κ3) is 5.22. The predicted molar refractivity (Wildman–Crippen MR) is 235 cm³/mol. The van der Waals surface area contributed by atoms with Gasteiger partial charge in [0.05, 0.1) is 5.41 Å². The van der Waals surface area contributed by atoms with Gasteiger partial charge in [-0.15, -0.1) is 0 Å². The van der Waals surface area contributed by atoms with Crippen molar-refractivity contribution in [2.45, 2.75) is 26.2 Å². The van der Waals surface area contributed by atoms with E-state index in [1.54, 1.807) is 0 Å². The van der Waals surface area contributed by atoms with Crippen LogP contribution in [0.2, 0.25) is 0 Å². The van der Waals surface area contributed by atoms with Crippen molar-refractivity contribution in [1.29, 1.82) is 0 Å². The third-order valence-electron chi connectivity index (χ3n) is 12.1. The highest BCUT2D eigenvalue weighted by Gasteiger charge is 2.51. The van der Waals surface area contributed by atoms with Crippen LogP contribution in [0.5, 0.6) is 0 Å². The van der Waals surface area contributed by atoms with Crippen LogP contribution < -0.4 is 0 Å². The van der Waals surface area contributed by atoms with Gasteiger partial charge in [-0.2, -0.15) is 0 Å². The maximum absolute atomic E-state index is 5.04. The van der Waals surface area contributed by atoms with Gasteiger partial charge in [0, 0.05) is 28.1 Å². The summed E-state index contributed by atoms with van der Waals surface area (Å²) in [5.41, 5.74) is 20.8. The number of fused-ring (bicyclic) bond motifs is 10. The fraction of sp³-hybridized carbons (Fsp3) is 0.0741. The molecule has 0 radical (unpaired) electrons. The number of hydrogen-bond acceptors (Lipinski definition) is 4. The van der Waals surface area contributed by atoms with Gasteiger partial charge in [-0.25, -0.2) is 15.0 Å². The number of nitrogens with zero attached hydrogens (tertiary/aromatic N) is 4. The minimum Gasteiger partial charge on any atom is -0.258 e. The summed E-state index contributed by atoms with van der Waals surface area (Å²) in [5.74, 6) is 2.05. The molecule has 0 N–H and O–H groups in total. The van der Waals surface area contributed by atoms with Crippen LogP contribution in [0.25, 0.3) is 78.4 Å². The number of aromatic nitrogens is 4. The molecule has 0 atom stereocenters. The van der Waals surface area contributed by atoms with E-state index < -0.39 is 5.41 Å². The number of pyridine rings is 1. The Kier molecular flexibility index (Phi) is 7.70. The number of benzene rings is 7. The minimum atomic E-state index is -0.498. The van der Waals surface area contributed by atoms with Crippen molar-refractivity contribution in [3.63, 3.8) is 0 Å². The summed E-state index contributed by atoms with van der Waals surface area (Å²) in [5, 5.41) is 0. The maximum atomic E-state index is 5.04. The zero-order valence-corrected chi connectivity index (χ0v) is 32.5. The van der Waals surface area contributed by atoms with E-state index in [9.17, 15) is 0 Å². The molecule has 0 aliphatic heterocycles. The van der Waals surface area contributed by atoms with Crippen LogP contribution in [-0.2, 0) is 5.41 Å². The molecule has 0 saturated heterocycles. The van der Waals surface area contributed by atoms with Crippen LogP contribution in [0.1, 0.15) is 39.5 Å². The largest absolute Gasteiger partial charge is 0.258 e. The highest BCUT2D eigenvalue weighted by atomic mass is 15.0. The van der Waals surface area contributed by atoms with Gasteiger partial charge in [-0.3, -0.25) is 4.98 Å².